The quantitative estimate of drug-likeness (QED) is 0.149. The normalized spacial score (nSPS) is 18.4. The van der Waals surface area contributed by atoms with Gasteiger partial charge in [-0.25, -0.2) is 0 Å². The molecule has 3 rings (SSSR count). The van der Waals surface area contributed by atoms with Gasteiger partial charge >= 0.3 is 0 Å². The van der Waals surface area contributed by atoms with Crippen LogP contribution in [0, 0.1) is 11.8 Å². The van der Waals surface area contributed by atoms with Crippen LogP contribution >= 0.6 is 0 Å². The molecule has 3 heteroatoms. The maximum Gasteiger partial charge on any atom is 0.183 e. The summed E-state index contributed by atoms with van der Waals surface area (Å²) in [7, 11) is 0. The fourth-order valence-electron chi connectivity index (χ4n) is 4.91. The van der Waals surface area contributed by atoms with Gasteiger partial charge in [0.1, 0.15) is 5.75 Å². The van der Waals surface area contributed by atoms with E-state index in [1.165, 1.54) is 75.3 Å². The van der Waals surface area contributed by atoms with Crippen molar-refractivity contribution in [3.05, 3.63) is 66.7 Å². The zero-order valence-electron chi connectivity index (χ0n) is 23.5. The topological polar surface area (TPSA) is 27.7 Å². The van der Waals surface area contributed by atoms with Gasteiger partial charge in [-0.1, -0.05) is 101 Å². The van der Waals surface area contributed by atoms with Crippen molar-refractivity contribution in [1.82, 2.24) is 0 Å². The van der Waals surface area contributed by atoms with Gasteiger partial charge in [-0.3, -0.25) is 0 Å². The van der Waals surface area contributed by atoms with Crippen LogP contribution in [-0.4, -0.2) is 19.8 Å². The molecular formula is C34H50O3. The summed E-state index contributed by atoms with van der Waals surface area (Å²) in [6.07, 6.45) is 17.1. The lowest BCUT2D eigenvalue weighted by Gasteiger charge is -2.29. The van der Waals surface area contributed by atoms with Crippen LogP contribution in [0.2, 0.25) is 0 Å². The van der Waals surface area contributed by atoms with Crippen molar-refractivity contribution in [2.45, 2.75) is 97.2 Å². The van der Waals surface area contributed by atoms with Gasteiger partial charge in [-0.2, -0.15) is 0 Å². The molecule has 1 atom stereocenters. The summed E-state index contributed by atoms with van der Waals surface area (Å²) in [5.41, 5.74) is 3.49. The highest BCUT2D eigenvalue weighted by Crippen LogP contribution is 2.30. The van der Waals surface area contributed by atoms with Crippen LogP contribution in [0.25, 0.3) is 11.1 Å². The number of ether oxygens (including phenoxy) is 3. The summed E-state index contributed by atoms with van der Waals surface area (Å²) < 4.78 is 18.1. The first kappa shape index (κ1) is 29.5. The summed E-state index contributed by atoms with van der Waals surface area (Å²) >= 11 is 0. The van der Waals surface area contributed by atoms with Crippen LogP contribution < -0.4 is 4.74 Å². The van der Waals surface area contributed by atoms with Crippen molar-refractivity contribution in [2.75, 3.05) is 19.8 Å². The minimum absolute atomic E-state index is 0.243. The van der Waals surface area contributed by atoms with Crippen LogP contribution in [0.3, 0.4) is 0 Å². The highest BCUT2D eigenvalue weighted by molar-refractivity contribution is 5.64. The second-order valence-corrected chi connectivity index (χ2v) is 10.9. The van der Waals surface area contributed by atoms with Crippen LogP contribution in [0.5, 0.6) is 5.75 Å². The molecule has 0 amide bonds. The Balaban J connectivity index is 1.32. The standard InChI is InChI=1S/C34H50O3/c1-4-6-7-8-9-10-11-12-13-16-29-26-36-34(37-27-29)32-19-17-30(18-20-32)31-21-23-33(24-22-31)35-25-14-15-28(3)5-2/h4,17-24,28-29,34H,1,5-16,25-27H2,2-3H3. The van der Waals surface area contributed by atoms with E-state index in [9.17, 15) is 0 Å². The van der Waals surface area contributed by atoms with Gasteiger partial charge in [0.15, 0.2) is 6.29 Å². The Morgan fingerprint density at radius 1 is 0.838 bits per heavy atom. The molecule has 204 valence electrons. The molecule has 1 fully saturated rings. The zero-order valence-corrected chi connectivity index (χ0v) is 23.5. The van der Waals surface area contributed by atoms with E-state index in [1.54, 1.807) is 0 Å². The predicted molar refractivity (Wildman–Crippen MR) is 156 cm³/mol. The van der Waals surface area contributed by atoms with E-state index in [0.29, 0.717) is 5.92 Å². The fourth-order valence-corrected chi connectivity index (χ4v) is 4.91. The van der Waals surface area contributed by atoms with Crippen molar-refractivity contribution in [2.24, 2.45) is 11.8 Å². The summed E-state index contributed by atoms with van der Waals surface area (Å²) in [5, 5.41) is 0. The third-order valence-electron chi connectivity index (χ3n) is 7.66. The molecule has 1 unspecified atom stereocenters. The summed E-state index contributed by atoms with van der Waals surface area (Å²) in [4.78, 5) is 0. The van der Waals surface area contributed by atoms with E-state index in [-0.39, 0.29) is 6.29 Å². The van der Waals surface area contributed by atoms with Crippen LogP contribution in [-0.2, 0) is 9.47 Å². The molecule has 0 bridgehead atoms. The van der Waals surface area contributed by atoms with Crippen molar-refractivity contribution >= 4 is 0 Å². The summed E-state index contributed by atoms with van der Waals surface area (Å²) in [5.74, 6) is 2.25. The Kier molecular flexibility index (Phi) is 13.9. The maximum atomic E-state index is 6.09. The monoisotopic (exact) mass is 506 g/mol. The molecule has 0 aromatic heterocycles. The molecule has 1 aliphatic heterocycles. The molecule has 0 radical (unpaired) electrons. The highest BCUT2D eigenvalue weighted by atomic mass is 16.7. The van der Waals surface area contributed by atoms with Gasteiger partial charge in [0.2, 0.25) is 0 Å². The molecule has 0 saturated carbocycles. The van der Waals surface area contributed by atoms with Crippen molar-refractivity contribution < 1.29 is 14.2 Å². The van der Waals surface area contributed by atoms with E-state index in [0.717, 1.165) is 49.9 Å². The number of hydrogen-bond donors (Lipinski definition) is 0. The van der Waals surface area contributed by atoms with Crippen LogP contribution in [0.4, 0.5) is 0 Å². The number of rotatable bonds is 18. The number of hydrogen-bond acceptors (Lipinski definition) is 3. The van der Waals surface area contributed by atoms with E-state index in [2.05, 4.69) is 69.0 Å². The second-order valence-electron chi connectivity index (χ2n) is 10.9. The first-order valence-corrected chi connectivity index (χ1v) is 14.9. The van der Waals surface area contributed by atoms with Gasteiger partial charge in [0.05, 0.1) is 19.8 Å². The average molecular weight is 507 g/mol. The molecule has 1 heterocycles. The molecule has 0 spiro atoms. The lowest BCUT2D eigenvalue weighted by molar-refractivity contribution is -0.206. The van der Waals surface area contributed by atoms with E-state index < -0.39 is 0 Å². The van der Waals surface area contributed by atoms with Crippen molar-refractivity contribution in [1.29, 1.82) is 0 Å². The molecule has 1 aliphatic rings. The Morgan fingerprint density at radius 3 is 2.05 bits per heavy atom. The SMILES string of the molecule is C=CCCCCCCCCCC1COC(c2ccc(-c3ccc(OCCCC(C)CC)cc3)cc2)OC1. The summed E-state index contributed by atoms with van der Waals surface area (Å²) in [6.45, 7) is 10.7. The van der Waals surface area contributed by atoms with Crippen molar-refractivity contribution in [3.8, 4) is 16.9 Å². The first-order valence-electron chi connectivity index (χ1n) is 14.9. The molecule has 3 nitrogen and oxygen atoms in total. The van der Waals surface area contributed by atoms with E-state index >= 15 is 0 Å². The minimum Gasteiger partial charge on any atom is -0.494 e. The van der Waals surface area contributed by atoms with Gasteiger partial charge in [0, 0.05) is 11.5 Å². The first-order chi connectivity index (χ1) is 18.2. The Bertz CT molecular complexity index is 850. The molecule has 0 N–H and O–H groups in total. The second kappa shape index (κ2) is 17.4. The lowest BCUT2D eigenvalue weighted by atomic mass is 10.00. The molecular weight excluding hydrogens is 456 g/mol. The maximum absolute atomic E-state index is 6.09. The third-order valence-corrected chi connectivity index (χ3v) is 7.66. The van der Waals surface area contributed by atoms with Gasteiger partial charge < -0.3 is 14.2 Å². The average Bonchev–Trinajstić information content (AvgIpc) is 2.95. The Hall–Kier alpha value is -2.10. The zero-order chi connectivity index (χ0) is 26.1. The minimum atomic E-state index is -0.243. The van der Waals surface area contributed by atoms with Gasteiger partial charge in [-0.15, -0.1) is 6.58 Å². The van der Waals surface area contributed by atoms with Crippen LogP contribution in [0.1, 0.15) is 103 Å². The third kappa shape index (κ3) is 11.0. The Labute approximate surface area is 226 Å². The van der Waals surface area contributed by atoms with E-state index in [1.807, 2.05) is 6.08 Å². The van der Waals surface area contributed by atoms with Gasteiger partial charge in [-0.05, 0) is 61.3 Å². The summed E-state index contributed by atoms with van der Waals surface area (Å²) in [6, 6.07) is 17.0. The number of allylic oxidation sites excluding steroid dienone is 1. The van der Waals surface area contributed by atoms with E-state index in [4.69, 9.17) is 14.2 Å². The van der Waals surface area contributed by atoms with Crippen LogP contribution in [0.15, 0.2) is 61.2 Å². The highest BCUT2D eigenvalue weighted by Gasteiger charge is 2.23. The molecule has 2 aromatic rings. The lowest BCUT2D eigenvalue weighted by Crippen LogP contribution is -2.27. The fraction of sp³-hybridized carbons (Fsp3) is 0.588. The molecule has 2 aromatic carbocycles. The molecule has 37 heavy (non-hydrogen) atoms. The molecule has 0 aliphatic carbocycles. The Morgan fingerprint density at radius 2 is 1.43 bits per heavy atom. The number of benzene rings is 2. The predicted octanol–water partition coefficient (Wildman–Crippen LogP) is 9.92. The molecule has 1 saturated heterocycles. The van der Waals surface area contributed by atoms with Crippen molar-refractivity contribution in [3.63, 3.8) is 0 Å². The van der Waals surface area contributed by atoms with Gasteiger partial charge in [0.25, 0.3) is 0 Å². The smallest absolute Gasteiger partial charge is 0.183 e. The largest absolute Gasteiger partial charge is 0.494 e. The number of unbranched alkanes of at least 4 members (excludes halogenated alkanes) is 7.